The molecule has 0 unspecified atom stereocenters. The molecule has 0 saturated heterocycles. The fraction of sp³-hybridized carbons (Fsp3) is 0.444. The molecule has 0 spiro atoms. The van der Waals surface area contributed by atoms with Crippen LogP contribution in [-0.2, 0) is 6.42 Å². The van der Waals surface area contributed by atoms with Crippen LogP contribution in [0.2, 0.25) is 5.02 Å². The minimum Gasteiger partial charge on any atom is -0.388 e. The van der Waals surface area contributed by atoms with Crippen LogP contribution in [0.15, 0.2) is 12.3 Å². The largest absolute Gasteiger partial charge is 0.388 e. The van der Waals surface area contributed by atoms with Crippen molar-refractivity contribution in [1.29, 1.82) is 0 Å². The van der Waals surface area contributed by atoms with Gasteiger partial charge in [0.05, 0.1) is 11.1 Å². The van der Waals surface area contributed by atoms with E-state index in [2.05, 4.69) is 4.98 Å². The Morgan fingerprint density at radius 2 is 2.42 bits per heavy atom. The van der Waals surface area contributed by atoms with Gasteiger partial charge in [0.1, 0.15) is 0 Å². The van der Waals surface area contributed by atoms with Crippen LogP contribution in [0.5, 0.6) is 0 Å². The number of aryl methyl sites for hydroxylation is 1. The number of aliphatic hydroxyl groups is 1. The second kappa shape index (κ2) is 3.04. The van der Waals surface area contributed by atoms with Crippen LogP contribution in [-0.4, -0.2) is 10.1 Å². The standard InChI is InChI=1S/C9H10ClNO/c10-6-4-7-8(11-5-6)2-1-3-9(7)12/h4-5,9,12H,1-3H2/t9-/m0/s1. The van der Waals surface area contributed by atoms with E-state index in [-0.39, 0.29) is 6.10 Å². The van der Waals surface area contributed by atoms with Crippen molar-refractivity contribution in [2.75, 3.05) is 0 Å². The third kappa shape index (κ3) is 1.32. The van der Waals surface area contributed by atoms with Crippen LogP contribution in [0, 0.1) is 0 Å². The number of halogens is 1. The van der Waals surface area contributed by atoms with Crippen molar-refractivity contribution in [3.05, 3.63) is 28.5 Å². The van der Waals surface area contributed by atoms with Gasteiger partial charge in [-0.15, -0.1) is 0 Å². The highest BCUT2D eigenvalue weighted by Gasteiger charge is 2.18. The first-order valence-electron chi connectivity index (χ1n) is 4.10. The van der Waals surface area contributed by atoms with Crippen molar-refractivity contribution in [1.82, 2.24) is 4.98 Å². The third-order valence-corrected chi connectivity index (χ3v) is 2.43. The number of pyridine rings is 1. The van der Waals surface area contributed by atoms with Gasteiger partial charge in [0.2, 0.25) is 0 Å². The molecule has 0 amide bonds. The average Bonchev–Trinajstić information content (AvgIpc) is 2.07. The Balaban J connectivity index is 2.47. The van der Waals surface area contributed by atoms with Gasteiger partial charge >= 0.3 is 0 Å². The fourth-order valence-electron chi connectivity index (χ4n) is 1.60. The van der Waals surface area contributed by atoms with E-state index < -0.39 is 0 Å². The lowest BCUT2D eigenvalue weighted by Crippen LogP contribution is -2.10. The molecule has 1 atom stereocenters. The molecule has 3 heteroatoms. The zero-order chi connectivity index (χ0) is 8.55. The first-order chi connectivity index (χ1) is 5.77. The van der Waals surface area contributed by atoms with Crippen molar-refractivity contribution < 1.29 is 5.11 Å². The Hall–Kier alpha value is -0.600. The van der Waals surface area contributed by atoms with Gasteiger partial charge in [-0.2, -0.15) is 0 Å². The number of hydrogen-bond acceptors (Lipinski definition) is 2. The summed E-state index contributed by atoms with van der Waals surface area (Å²) in [6.45, 7) is 0. The minimum atomic E-state index is -0.361. The maximum Gasteiger partial charge on any atom is 0.0808 e. The number of aliphatic hydroxyl groups excluding tert-OH is 1. The summed E-state index contributed by atoms with van der Waals surface area (Å²) in [6, 6.07) is 1.81. The molecule has 1 heterocycles. The van der Waals surface area contributed by atoms with Gasteiger partial charge in [0.25, 0.3) is 0 Å². The lowest BCUT2D eigenvalue weighted by Gasteiger charge is -2.19. The summed E-state index contributed by atoms with van der Waals surface area (Å²) in [4.78, 5) is 4.18. The summed E-state index contributed by atoms with van der Waals surface area (Å²) in [5, 5.41) is 10.2. The maximum atomic E-state index is 9.59. The van der Waals surface area contributed by atoms with Crippen LogP contribution in [0.1, 0.15) is 30.2 Å². The molecule has 64 valence electrons. The summed E-state index contributed by atoms with van der Waals surface area (Å²) < 4.78 is 0. The SMILES string of the molecule is O[C@H]1CCCc2ncc(Cl)cc21. The predicted molar refractivity (Wildman–Crippen MR) is 47.1 cm³/mol. The molecule has 1 aliphatic rings. The number of nitrogens with zero attached hydrogens (tertiary/aromatic N) is 1. The van der Waals surface area contributed by atoms with Crippen molar-refractivity contribution in [3.8, 4) is 0 Å². The molecule has 0 radical (unpaired) electrons. The number of fused-ring (bicyclic) bond motifs is 1. The molecular weight excluding hydrogens is 174 g/mol. The molecule has 0 bridgehead atoms. The lowest BCUT2D eigenvalue weighted by atomic mass is 9.94. The Kier molecular flexibility index (Phi) is 2.03. The van der Waals surface area contributed by atoms with E-state index in [4.69, 9.17) is 11.6 Å². The van der Waals surface area contributed by atoms with Gasteiger partial charge in [-0.3, -0.25) is 4.98 Å². The number of hydrogen-bond donors (Lipinski definition) is 1. The molecule has 1 aromatic rings. The van der Waals surface area contributed by atoms with Gasteiger partial charge < -0.3 is 5.11 Å². The summed E-state index contributed by atoms with van der Waals surface area (Å²) in [6.07, 6.45) is 4.08. The molecule has 1 N–H and O–H groups in total. The smallest absolute Gasteiger partial charge is 0.0808 e. The third-order valence-electron chi connectivity index (χ3n) is 2.22. The van der Waals surface area contributed by atoms with E-state index in [0.717, 1.165) is 30.5 Å². The highest BCUT2D eigenvalue weighted by atomic mass is 35.5. The summed E-state index contributed by atoms with van der Waals surface area (Å²) in [5.41, 5.74) is 1.91. The molecular formula is C9H10ClNO. The average molecular weight is 184 g/mol. The highest BCUT2D eigenvalue weighted by Crippen LogP contribution is 2.29. The molecule has 1 aliphatic carbocycles. The monoisotopic (exact) mass is 183 g/mol. The van der Waals surface area contributed by atoms with E-state index in [9.17, 15) is 5.11 Å². The van der Waals surface area contributed by atoms with E-state index in [1.807, 2.05) is 6.07 Å². The van der Waals surface area contributed by atoms with Crippen LogP contribution >= 0.6 is 11.6 Å². The second-order valence-corrected chi connectivity index (χ2v) is 3.53. The first kappa shape index (κ1) is 8.02. The number of rotatable bonds is 0. The van der Waals surface area contributed by atoms with E-state index >= 15 is 0 Å². The van der Waals surface area contributed by atoms with E-state index in [1.54, 1.807) is 6.20 Å². The zero-order valence-corrected chi connectivity index (χ0v) is 7.38. The Morgan fingerprint density at radius 1 is 1.58 bits per heavy atom. The molecule has 0 aromatic carbocycles. The quantitative estimate of drug-likeness (QED) is 0.668. The lowest BCUT2D eigenvalue weighted by molar-refractivity contribution is 0.155. The molecule has 2 nitrogen and oxygen atoms in total. The molecule has 1 aromatic heterocycles. The summed E-state index contributed by atoms with van der Waals surface area (Å²) in [5.74, 6) is 0. The second-order valence-electron chi connectivity index (χ2n) is 3.10. The summed E-state index contributed by atoms with van der Waals surface area (Å²) >= 11 is 5.77. The van der Waals surface area contributed by atoms with Gasteiger partial charge in [0.15, 0.2) is 0 Å². The topological polar surface area (TPSA) is 33.1 Å². The van der Waals surface area contributed by atoms with Crippen molar-refractivity contribution in [3.63, 3.8) is 0 Å². The van der Waals surface area contributed by atoms with Gasteiger partial charge in [0, 0.05) is 17.5 Å². The zero-order valence-electron chi connectivity index (χ0n) is 6.63. The van der Waals surface area contributed by atoms with Crippen LogP contribution < -0.4 is 0 Å². The molecule has 12 heavy (non-hydrogen) atoms. The van der Waals surface area contributed by atoms with Crippen LogP contribution in [0.25, 0.3) is 0 Å². The highest BCUT2D eigenvalue weighted by molar-refractivity contribution is 6.30. The van der Waals surface area contributed by atoms with Gasteiger partial charge in [-0.1, -0.05) is 11.6 Å². The Morgan fingerprint density at radius 3 is 3.25 bits per heavy atom. The molecule has 0 saturated carbocycles. The molecule has 2 rings (SSSR count). The molecule has 0 fully saturated rings. The minimum absolute atomic E-state index is 0.361. The van der Waals surface area contributed by atoms with Crippen molar-refractivity contribution in [2.45, 2.75) is 25.4 Å². The first-order valence-corrected chi connectivity index (χ1v) is 4.47. The molecule has 0 aliphatic heterocycles. The van der Waals surface area contributed by atoms with Gasteiger partial charge in [-0.05, 0) is 25.3 Å². The van der Waals surface area contributed by atoms with Crippen LogP contribution in [0.4, 0.5) is 0 Å². The number of aromatic nitrogens is 1. The van der Waals surface area contributed by atoms with Crippen molar-refractivity contribution in [2.24, 2.45) is 0 Å². The van der Waals surface area contributed by atoms with Crippen LogP contribution in [0.3, 0.4) is 0 Å². The fourth-order valence-corrected chi connectivity index (χ4v) is 1.77. The Bertz CT molecular complexity index is 301. The maximum absolute atomic E-state index is 9.59. The Labute approximate surface area is 76.2 Å². The van der Waals surface area contributed by atoms with Crippen molar-refractivity contribution >= 4 is 11.6 Å². The van der Waals surface area contributed by atoms with E-state index in [1.165, 1.54) is 0 Å². The van der Waals surface area contributed by atoms with Gasteiger partial charge in [-0.25, -0.2) is 0 Å². The van der Waals surface area contributed by atoms with E-state index in [0.29, 0.717) is 5.02 Å². The summed E-state index contributed by atoms with van der Waals surface area (Å²) in [7, 11) is 0. The predicted octanol–water partition coefficient (Wildman–Crippen LogP) is 2.10. The normalized spacial score (nSPS) is 22.0.